The van der Waals surface area contributed by atoms with Gasteiger partial charge in [-0.3, -0.25) is 0 Å². The molecule has 0 saturated carbocycles. The van der Waals surface area contributed by atoms with Crippen molar-refractivity contribution in [2.24, 2.45) is 0 Å². The predicted octanol–water partition coefficient (Wildman–Crippen LogP) is 5.89. The second kappa shape index (κ2) is 16.6. The molecular formula is C30H47ClN2O4. The number of methoxy groups -OCH3 is 2. The third-order valence-corrected chi connectivity index (χ3v) is 7.06. The highest BCUT2D eigenvalue weighted by atomic mass is 35.5. The highest BCUT2D eigenvalue weighted by Crippen LogP contribution is 2.38. The van der Waals surface area contributed by atoms with E-state index in [0.29, 0.717) is 12.8 Å². The Morgan fingerprint density at radius 3 is 2.27 bits per heavy atom. The van der Waals surface area contributed by atoms with Gasteiger partial charge in [0.2, 0.25) is 6.79 Å². The maximum absolute atomic E-state index is 5.70. The number of nitrogens with one attached hydrogen (secondary N) is 2. The molecule has 1 atom stereocenters. The molecule has 2 aromatic carbocycles. The summed E-state index contributed by atoms with van der Waals surface area (Å²) in [5.74, 6) is 3.53. The van der Waals surface area contributed by atoms with Crippen LogP contribution in [0.4, 0.5) is 0 Å². The molecule has 7 heteroatoms. The Morgan fingerprint density at radius 1 is 0.838 bits per heavy atom. The SMILES string of the molecule is CCc1c(CCNCCCCCCNC(C)Cc2ccc3c(c2CC)OCO3)ccc(OC)c1OC.Cl. The van der Waals surface area contributed by atoms with Crippen LogP contribution < -0.4 is 29.6 Å². The molecule has 1 aliphatic rings. The van der Waals surface area contributed by atoms with Crippen molar-refractivity contribution >= 4 is 12.4 Å². The first-order chi connectivity index (χ1) is 17.6. The third kappa shape index (κ3) is 8.69. The van der Waals surface area contributed by atoms with Crippen molar-refractivity contribution in [1.29, 1.82) is 0 Å². The molecule has 0 bridgehead atoms. The fourth-order valence-electron chi connectivity index (χ4n) is 5.13. The molecule has 37 heavy (non-hydrogen) atoms. The molecule has 3 rings (SSSR count). The molecule has 1 aliphatic heterocycles. The van der Waals surface area contributed by atoms with Gasteiger partial charge < -0.3 is 29.6 Å². The average Bonchev–Trinajstić information content (AvgIpc) is 3.38. The molecule has 0 spiro atoms. The molecule has 1 heterocycles. The summed E-state index contributed by atoms with van der Waals surface area (Å²) in [6.45, 7) is 10.1. The smallest absolute Gasteiger partial charge is 0.231 e. The van der Waals surface area contributed by atoms with Gasteiger partial charge in [-0.25, -0.2) is 0 Å². The van der Waals surface area contributed by atoms with Gasteiger partial charge in [0.05, 0.1) is 14.2 Å². The number of hydrogen-bond donors (Lipinski definition) is 2. The van der Waals surface area contributed by atoms with E-state index in [1.54, 1.807) is 14.2 Å². The lowest BCUT2D eigenvalue weighted by Crippen LogP contribution is -2.29. The minimum absolute atomic E-state index is 0. The standard InChI is InChI=1S/C30H46N2O4.ClH/c1-6-25-23(12-14-27(33-4)29(25)34-5)16-19-31-17-10-8-9-11-18-32-22(3)20-24-13-15-28-30(26(24)7-2)36-21-35-28;/h12-15,22,31-32H,6-11,16-21H2,1-5H3;1H. The van der Waals surface area contributed by atoms with Gasteiger partial charge in [0, 0.05) is 17.2 Å². The van der Waals surface area contributed by atoms with Crippen LogP contribution in [0.15, 0.2) is 24.3 Å². The topological polar surface area (TPSA) is 61.0 Å². The van der Waals surface area contributed by atoms with Crippen molar-refractivity contribution in [3.63, 3.8) is 0 Å². The molecule has 0 saturated heterocycles. The predicted molar refractivity (Wildman–Crippen MR) is 154 cm³/mol. The summed E-state index contributed by atoms with van der Waals surface area (Å²) >= 11 is 0. The number of unbranched alkanes of at least 4 members (excludes halogenated alkanes) is 3. The lowest BCUT2D eigenvalue weighted by Gasteiger charge is -2.17. The minimum Gasteiger partial charge on any atom is -0.493 e. The zero-order chi connectivity index (χ0) is 25.8. The van der Waals surface area contributed by atoms with E-state index in [9.17, 15) is 0 Å². The molecule has 0 radical (unpaired) electrons. The molecule has 2 aromatic rings. The van der Waals surface area contributed by atoms with Gasteiger partial charge in [-0.15, -0.1) is 12.4 Å². The van der Waals surface area contributed by atoms with Gasteiger partial charge >= 0.3 is 0 Å². The van der Waals surface area contributed by atoms with Crippen LogP contribution >= 0.6 is 12.4 Å². The highest BCUT2D eigenvalue weighted by Gasteiger charge is 2.20. The first kappa shape index (κ1) is 31.1. The second-order valence-corrected chi connectivity index (χ2v) is 9.56. The van der Waals surface area contributed by atoms with Crippen molar-refractivity contribution in [1.82, 2.24) is 10.6 Å². The summed E-state index contributed by atoms with van der Waals surface area (Å²) in [4.78, 5) is 0. The van der Waals surface area contributed by atoms with Crippen molar-refractivity contribution < 1.29 is 18.9 Å². The minimum atomic E-state index is 0. The number of halogens is 1. The van der Waals surface area contributed by atoms with E-state index in [4.69, 9.17) is 18.9 Å². The summed E-state index contributed by atoms with van der Waals surface area (Å²) in [6, 6.07) is 8.88. The van der Waals surface area contributed by atoms with Crippen LogP contribution in [0.1, 0.15) is 68.7 Å². The molecule has 0 aliphatic carbocycles. The van der Waals surface area contributed by atoms with E-state index in [1.165, 1.54) is 47.9 Å². The van der Waals surface area contributed by atoms with Crippen molar-refractivity contribution in [3.05, 3.63) is 46.5 Å². The lowest BCUT2D eigenvalue weighted by molar-refractivity contribution is 0.173. The van der Waals surface area contributed by atoms with E-state index in [2.05, 4.69) is 43.5 Å². The Kier molecular flexibility index (Phi) is 14.0. The quantitative estimate of drug-likeness (QED) is 0.247. The summed E-state index contributed by atoms with van der Waals surface area (Å²) in [5.41, 5.74) is 5.26. The van der Waals surface area contributed by atoms with Crippen LogP contribution in [-0.2, 0) is 25.7 Å². The fraction of sp³-hybridized carbons (Fsp3) is 0.600. The largest absolute Gasteiger partial charge is 0.493 e. The summed E-state index contributed by atoms with van der Waals surface area (Å²) < 4.78 is 22.3. The monoisotopic (exact) mass is 534 g/mol. The maximum atomic E-state index is 5.70. The summed E-state index contributed by atoms with van der Waals surface area (Å²) in [5, 5.41) is 7.31. The first-order valence-corrected chi connectivity index (χ1v) is 13.7. The molecular weight excluding hydrogens is 488 g/mol. The number of hydrogen-bond acceptors (Lipinski definition) is 6. The number of fused-ring (bicyclic) bond motifs is 1. The van der Waals surface area contributed by atoms with Gasteiger partial charge in [0.1, 0.15) is 0 Å². The van der Waals surface area contributed by atoms with E-state index in [-0.39, 0.29) is 12.4 Å². The van der Waals surface area contributed by atoms with Gasteiger partial charge in [0.25, 0.3) is 0 Å². The Balaban J connectivity index is 0.00000481. The number of ether oxygens (including phenoxy) is 4. The zero-order valence-corrected chi connectivity index (χ0v) is 24.2. The van der Waals surface area contributed by atoms with E-state index in [1.807, 2.05) is 12.1 Å². The number of benzene rings is 2. The van der Waals surface area contributed by atoms with Crippen LogP contribution in [-0.4, -0.2) is 46.7 Å². The first-order valence-electron chi connectivity index (χ1n) is 13.7. The van der Waals surface area contributed by atoms with E-state index in [0.717, 1.165) is 68.3 Å². The Labute approximate surface area is 230 Å². The number of rotatable bonds is 17. The normalized spacial score (nSPS) is 12.8. The summed E-state index contributed by atoms with van der Waals surface area (Å²) in [6.07, 6.45) is 8.91. The highest BCUT2D eigenvalue weighted by molar-refractivity contribution is 5.85. The molecule has 0 aromatic heterocycles. The van der Waals surface area contributed by atoms with Crippen LogP contribution in [0.2, 0.25) is 0 Å². The third-order valence-electron chi connectivity index (χ3n) is 7.06. The molecule has 6 nitrogen and oxygen atoms in total. The van der Waals surface area contributed by atoms with Gasteiger partial charge in [-0.2, -0.15) is 0 Å². The van der Waals surface area contributed by atoms with E-state index >= 15 is 0 Å². The Hall–Kier alpha value is -2.15. The molecule has 208 valence electrons. The van der Waals surface area contributed by atoms with E-state index < -0.39 is 0 Å². The average molecular weight is 535 g/mol. The van der Waals surface area contributed by atoms with Crippen LogP contribution in [0, 0.1) is 0 Å². The van der Waals surface area contributed by atoms with Crippen LogP contribution in [0.25, 0.3) is 0 Å². The van der Waals surface area contributed by atoms with Crippen LogP contribution in [0.5, 0.6) is 23.0 Å². The second-order valence-electron chi connectivity index (χ2n) is 9.56. The van der Waals surface area contributed by atoms with Crippen LogP contribution in [0.3, 0.4) is 0 Å². The van der Waals surface area contributed by atoms with Gasteiger partial charge in [-0.05, 0) is 88.3 Å². The Morgan fingerprint density at radius 2 is 1.57 bits per heavy atom. The Bertz CT molecular complexity index is 954. The maximum Gasteiger partial charge on any atom is 0.231 e. The van der Waals surface area contributed by atoms with Gasteiger partial charge in [0.15, 0.2) is 23.0 Å². The molecule has 2 N–H and O–H groups in total. The molecule has 0 fully saturated rings. The van der Waals surface area contributed by atoms with Crippen molar-refractivity contribution in [2.75, 3.05) is 40.6 Å². The molecule has 1 unspecified atom stereocenters. The van der Waals surface area contributed by atoms with Crippen molar-refractivity contribution in [2.45, 2.75) is 78.2 Å². The fourth-order valence-corrected chi connectivity index (χ4v) is 5.13. The summed E-state index contributed by atoms with van der Waals surface area (Å²) in [7, 11) is 3.41. The lowest BCUT2D eigenvalue weighted by atomic mass is 9.97. The zero-order valence-electron chi connectivity index (χ0n) is 23.4. The van der Waals surface area contributed by atoms with Crippen molar-refractivity contribution in [3.8, 4) is 23.0 Å². The van der Waals surface area contributed by atoms with Gasteiger partial charge in [-0.1, -0.05) is 38.8 Å². The molecule has 0 amide bonds.